The fraction of sp³-hybridized carbons (Fsp3) is 0.176. The van der Waals surface area contributed by atoms with Crippen LogP contribution >= 0.6 is 0 Å². The standard InChI is InChI=1S/C17H15NO3/c1-11-3-6-16(15(7-11)17(19)20)21-10-14-5-4-13(9-18)8-12(14)2/h3-8H,10H2,1-2H3,(H,19,20). The normalized spacial score (nSPS) is 9.95. The lowest BCUT2D eigenvalue weighted by molar-refractivity contribution is 0.0691. The minimum atomic E-state index is -1.01. The van der Waals surface area contributed by atoms with Gasteiger partial charge in [-0.1, -0.05) is 17.7 Å². The van der Waals surface area contributed by atoms with E-state index in [9.17, 15) is 9.90 Å². The Labute approximate surface area is 123 Å². The molecular weight excluding hydrogens is 266 g/mol. The van der Waals surface area contributed by atoms with Gasteiger partial charge < -0.3 is 9.84 Å². The average Bonchev–Trinajstić information content (AvgIpc) is 2.46. The molecule has 0 atom stereocenters. The summed E-state index contributed by atoms with van der Waals surface area (Å²) < 4.78 is 5.63. The zero-order chi connectivity index (χ0) is 15.4. The van der Waals surface area contributed by atoms with Gasteiger partial charge in [-0.3, -0.25) is 0 Å². The Morgan fingerprint density at radius 2 is 2.00 bits per heavy atom. The Bertz CT molecular complexity index is 729. The van der Waals surface area contributed by atoms with E-state index in [1.54, 1.807) is 24.3 Å². The van der Waals surface area contributed by atoms with Gasteiger partial charge in [0.25, 0.3) is 0 Å². The smallest absolute Gasteiger partial charge is 0.339 e. The van der Waals surface area contributed by atoms with Crippen molar-refractivity contribution >= 4 is 5.97 Å². The molecule has 0 radical (unpaired) electrons. The van der Waals surface area contributed by atoms with Gasteiger partial charge in [-0.15, -0.1) is 0 Å². The Kier molecular flexibility index (Phi) is 4.24. The highest BCUT2D eigenvalue weighted by molar-refractivity contribution is 5.91. The molecule has 0 heterocycles. The van der Waals surface area contributed by atoms with Crippen molar-refractivity contribution in [2.75, 3.05) is 0 Å². The van der Waals surface area contributed by atoms with Crippen LogP contribution in [0.25, 0.3) is 0 Å². The molecule has 4 heteroatoms. The molecule has 21 heavy (non-hydrogen) atoms. The zero-order valence-corrected chi connectivity index (χ0v) is 11.9. The molecule has 2 rings (SSSR count). The van der Waals surface area contributed by atoms with Crippen molar-refractivity contribution in [2.24, 2.45) is 0 Å². The molecule has 106 valence electrons. The van der Waals surface area contributed by atoms with Crippen molar-refractivity contribution in [3.63, 3.8) is 0 Å². The summed E-state index contributed by atoms with van der Waals surface area (Å²) in [6.07, 6.45) is 0. The summed E-state index contributed by atoms with van der Waals surface area (Å²) in [6, 6.07) is 12.5. The minimum Gasteiger partial charge on any atom is -0.488 e. The maximum absolute atomic E-state index is 11.2. The zero-order valence-electron chi connectivity index (χ0n) is 11.9. The second-order valence-electron chi connectivity index (χ2n) is 4.85. The summed E-state index contributed by atoms with van der Waals surface area (Å²) in [6.45, 7) is 3.99. The van der Waals surface area contributed by atoms with Crippen molar-refractivity contribution in [1.82, 2.24) is 0 Å². The van der Waals surface area contributed by atoms with Gasteiger partial charge in [0, 0.05) is 0 Å². The van der Waals surface area contributed by atoms with Crippen molar-refractivity contribution < 1.29 is 14.6 Å². The van der Waals surface area contributed by atoms with Crippen molar-refractivity contribution in [1.29, 1.82) is 5.26 Å². The number of benzene rings is 2. The lowest BCUT2D eigenvalue weighted by Crippen LogP contribution is -2.04. The van der Waals surface area contributed by atoms with Crippen LogP contribution in [-0.4, -0.2) is 11.1 Å². The first-order valence-electron chi connectivity index (χ1n) is 6.47. The molecule has 0 unspecified atom stereocenters. The highest BCUT2D eigenvalue weighted by Crippen LogP contribution is 2.22. The summed E-state index contributed by atoms with van der Waals surface area (Å²) in [5, 5.41) is 18.0. The van der Waals surface area contributed by atoms with E-state index in [0.29, 0.717) is 11.3 Å². The molecule has 0 amide bonds. The fourth-order valence-corrected chi connectivity index (χ4v) is 2.02. The third-order valence-corrected chi connectivity index (χ3v) is 3.22. The largest absolute Gasteiger partial charge is 0.488 e. The number of ether oxygens (including phenoxy) is 1. The topological polar surface area (TPSA) is 70.3 Å². The van der Waals surface area contributed by atoms with Crippen LogP contribution in [0.4, 0.5) is 0 Å². The van der Waals surface area contributed by atoms with E-state index in [0.717, 1.165) is 16.7 Å². The average molecular weight is 281 g/mol. The molecule has 1 N–H and O–H groups in total. The van der Waals surface area contributed by atoms with Crippen molar-refractivity contribution in [3.05, 3.63) is 64.2 Å². The van der Waals surface area contributed by atoms with Crippen LogP contribution in [0.2, 0.25) is 0 Å². The Morgan fingerprint density at radius 3 is 2.62 bits per heavy atom. The molecule has 2 aromatic carbocycles. The van der Waals surface area contributed by atoms with E-state index in [1.807, 2.05) is 26.0 Å². The Hall–Kier alpha value is -2.80. The SMILES string of the molecule is Cc1ccc(OCc2ccc(C#N)cc2C)c(C(=O)O)c1. The van der Waals surface area contributed by atoms with Gasteiger partial charge in [-0.2, -0.15) is 5.26 Å². The molecule has 2 aromatic rings. The number of hydrogen-bond acceptors (Lipinski definition) is 3. The van der Waals surface area contributed by atoms with Gasteiger partial charge in [0.05, 0.1) is 11.6 Å². The molecule has 0 aromatic heterocycles. The monoisotopic (exact) mass is 281 g/mol. The molecule has 0 spiro atoms. The van der Waals surface area contributed by atoms with Crippen LogP contribution < -0.4 is 4.74 Å². The predicted octanol–water partition coefficient (Wildman–Crippen LogP) is 3.45. The van der Waals surface area contributed by atoms with Crippen LogP contribution in [0.15, 0.2) is 36.4 Å². The summed E-state index contributed by atoms with van der Waals surface area (Å²) >= 11 is 0. The van der Waals surface area contributed by atoms with Crippen LogP contribution in [0.1, 0.15) is 32.6 Å². The summed E-state index contributed by atoms with van der Waals surface area (Å²) in [7, 11) is 0. The van der Waals surface area contributed by atoms with Crippen LogP contribution in [0.5, 0.6) is 5.75 Å². The number of rotatable bonds is 4. The van der Waals surface area contributed by atoms with Gasteiger partial charge >= 0.3 is 5.97 Å². The highest BCUT2D eigenvalue weighted by atomic mass is 16.5. The number of carbonyl (C=O) groups is 1. The maximum atomic E-state index is 11.2. The van der Waals surface area contributed by atoms with E-state index < -0.39 is 5.97 Å². The lowest BCUT2D eigenvalue weighted by atomic mass is 10.1. The molecule has 0 fully saturated rings. The van der Waals surface area contributed by atoms with Gasteiger partial charge in [0.15, 0.2) is 0 Å². The quantitative estimate of drug-likeness (QED) is 0.931. The van der Waals surface area contributed by atoms with E-state index in [4.69, 9.17) is 10.00 Å². The predicted molar refractivity (Wildman–Crippen MR) is 78.4 cm³/mol. The maximum Gasteiger partial charge on any atom is 0.339 e. The highest BCUT2D eigenvalue weighted by Gasteiger charge is 2.12. The molecule has 0 aliphatic heterocycles. The van der Waals surface area contributed by atoms with Gasteiger partial charge in [0.1, 0.15) is 17.9 Å². The molecule has 0 aliphatic carbocycles. The van der Waals surface area contributed by atoms with Gasteiger partial charge in [-0.25, -0.2) is 4.79 Å². The third kappa shape index (κ3) is 3.40. The number of nitriles is 1. The van der Waals surface area contributed by atoms with E-state index in [2.05, 4.69) is 6.07 Å². The summed E-state index contributed by atoms with van der Waals surface area (Å²) in [5.74, 6) is -0.665. The van der Waals surface area contributed by atoms with Crippen molar-refractivity contribution in [3.8, 4) is 11.8 Å². The van der Waals surface area contributed by atoms with E-state index >= 15 is 0 Å². The first kappa shape index (κ1) is 14.6. The summed E-state index contributed by atoms with van der Waals surface area (Å²) in [5.41, 5.74) is 3.48. The second-order valence-corrected chi connectivity index (χ2v) is 4.85. The van der Waals surface area contributed by atoms with E-state index in [-0.39, 0.29) is 12.2 Å². The number of carboxylic acids is 1. The fourth-order valence-electron chi connectivity index (χ4n) is 2.02. The van der Waals surface area contributed by atoms with Crippen LogP contribution in [0.3, 0.4) is 0 Å². The third-order valence-electron chi connectivity index (χ3n) is 3.22. The van der Waals surface area contributed by atoms with Crippen LogP contribution in [-0.2, 0) is 6.61 Å². The molecule has 0 saturated heterocycles. The van der Waals surface area contributed by atoms with Gasteiger partial charge in [-0.05, 0) is 49.2 Å². The molecule has 0 bridgehead atoms. The lowest BCUT2D eigenvalue weighted by Gasteiger charge is -2.11. The first-order chi connectivity index (χ1) is 10.0. The first-order valence-corrected chi connectivity index (χ1v) is 6.47. The minimum absolute atomic E-state index is 0.154. The van der Waals surface area contributed by atoms with Crippen molar-refractivity contribution in [2.45, 2.75) is 20.5 Å². The number of nitrogens with zero attached hydrogens (tertiary/aromatic N) is 1. The van der Waals surface area contributed by atoms with E-state index in [1.165, 1.54) is 0 Å². The molecule has 0 aliphatic rings. The number of aromatic carboxylic acids is 1. The Morgan fingerprint density at radius 1 is 1.24 bits per heavy atom. The second kappa shape index (κ2) is 6.10. The number of hydrogen-bond donors (Lipinski definition) is 1. The number of aryl methyl sites for hydroxylation is 2. The summed E-state index contributed by atoms with van der Waals surface area (Å²) in [4.78, 5) is 11.2. The molecule has 0 saturated carbocycles. The van der Waals surface area contributed by atoms with Gasteiger partial charge in [0.2, 0.25) is 0 Å². The molecular formula is C17H15NO3. The number of carboxylic acid groups (broad SMARTS) is 1. The Balaban J connectivity index is 2.21. The molecule has 4 nitrogen and oxygen atoms in total. The van der Waals surface area contributed by atoms with Crippen LogP contribution in [0, 0.1) is 25.2 Å².